The molecule has 49 heavy (non-hydrogen) atoms. The van der Waals surface area contributed by atoms with Gasteiger partial charge in [-0.3, -0.25) is 19.6 Å². The molecule has 4 atom stereocenters. The van der Waals surface area contributed by atoms with Gasteiger partial charge < -0.3 is 10.2 Å². The first kappa shape index (κ1) is 40.9. The second kappa shape index (κ2) is 15.6. The Morgan fingerprint density at radius 3 is 0.980 bits per heavy atom. The normalized spacial score (nSPS) is 26.7. The van der Waals surface area contributed by atoms with Gasteiger partial charge >= 0.3 is 35.6 Å². The number of hydrogen-bond acceptors (Lipinski definition) is 6. The summed E-state index contributed by atoms with van der Waals surface area (Å²) in [6.07, 6.45) is 2.99. The van der Waals surface area contributed by atoms with E-state index in [2.05, 4.69) is 127 Å². The van der Waals surface area contributed by atoms with E-state index in [1.54, 1.807) is 0 Å². The second-order valence-corrected chi connectivity index (χ2v) is 21.2. The zero-order valence-electron chi connectivity index (χ0n) is 32.5. The standard InChI is InChI=1S/2C20H32N2O.2ClH.Ti/c2*1-19(2,3)14-12-15(17(23)16(13-14)20(4,5)6)18-21-8-7-9-22(18)11-10-21;;;/h2*12-13,18,23H,7-11H2,1-6H3;2*1H;/q;;;;+2/p-2. The Hall–Kier alpha value is -0.826. The van der Waals surface area contributed by atoms with E-state index >= 15 is 0 Å². The maximum absolute atomic E-state index is 11.1. The van der Waals surface area contributed by atoms with Crippen LogP contribution in [0.1, 0.15) is 142 Å². The summed E-state index contributed by atoms with van der Waals surface area (Å²) < 4.78 is 0. The molecule has 0 saturated carbocycles. The molecular formula is C40H64Cl2N4O2Ti. The van der Waals surface area contributed by atoms with Gasteiger partial charge in [0.2, 0.25) is 0 Å². The van der Waals surface area contributed by atoms with Gasteiger partial charge in [0.1, 0.15) is 11.5 Å². The van der Waals surface area contributed by atoms with Crippen LogP contribution < -0.4 is 0 Å². The van der Waals surface area contributed by atoms with Crippen LogP contribution in [0.3, 0.4) is 0 Å². The molecule has 4 bridgehead atoms. The van der Waals surface area contributed by atoms with E-state index in [1.807, 2.05) is 0 Å². The Kier molecular flexibility index (Phi) is 13.1. The molecule has 4 saturated heterocycles. The molecule has 0 aromatic heterocycles. The second-order valence-electron chi connectivity index (χ2n) is 18.6. The summed E-state index contributed by atoms with van der Waals surface area (Å²) in [4.78, 5) is 10.1. The van der Waals surface area contributed by atoms with Crippen molar-refractivity contribution in [3.63, 3.8) is 0 Å². The van der Waals surface area contributed by atoms with Crippen LogP contribution in [0.25, 0.3) is 0 Å². The number of nitrogens with zero attached hydrogens (tertiary/aromatic N) is 4. The Bertz CT molecular complexity index is 1300. The van der Waals surface area contributed by atoms with Crippen LogP contribution in [0.15, 0.2) is 24.3 Å². The van der Waals surface area contributed by atoms with Crippen LogP contribution in [-0.2, 0) is 38.7 Å². The third-order valence-corrected chi connectivity index (χ3v) is 10.7. The number of aromatic hydroxyl groups is 2. The quantitative estimate of drug-likeness (QED) is 0.299. The summed E-state index contributed by atoms with van der Waals surface area (Å²) in [5.41, 5.74) is 7.07. The van der Waals surface area contributed by atoms with E-state index in [4.69, 9.17) is 18.6 Å². The molecule has 6 nitrogen and oxygen atoms in total. The van der Waals surface area contributed by atoms with Crippen molar-refractivity contribution in [2.24, 2.45) is 0 Å². The first-order valence-corrected chi connectivity index (χ1v) is 22.6. The molecule has 0 amide bonds. The number of hydrogen-bond donors (Lipinski definition) is 2. The Balaban J connectivity index is 0.000000205. The number of rotatable bonds is 2. The third kappa shape index (κ3) is 9.40. The number of phenols is 2. The molecule has 2 aromatic rings. The first-order valence-electron chi connectivity index (χ1n) is 18.3. The fourth-order valence-corrected chi connectivity index (χ4v) is 7.86. The van der Waals surface area contributed by atoms with Crippen molar-refractivity contribution < 1.29 is 27.2 Å². The van der Waals surface area contributed by atoms with Gasteiger partial charge in [0.15, 0.2) is 0 Å². The van der Waals surface area contributed by atoms with E-state index < -0.39 is 17.0 Å². The monoisotopic (exact) mass is 750 g/mol. The predicted molar refractivity (Wildman–Crippen MR) is 204 cm³/mol. The first-order chi connectivity index (χ1) is 22.6. The maximum atomic E-state index is 11.1. The average Bonchev–Trinajstić information content (AvgIpc) is 3.35. The Morgan fingerprint density at radius 2 is 0.755 bits per heavy atom. The van der Waals surface area contributed by atoms with E-state index in [1.165, 1.54) is 24.0 Å². The molecule has 0 aliphatic carbocycles. The molecule has 4 fully saturated rings. The van der Waals surface area contributed by atoms with Gasteiger partial charge in [-0.2, -0.15) is 0 Å². The molecule has 4 aliphatic heterocycles. The summed E-state index contributed by atoms with van der Waals surface area (Å²) in [5, 5.41) is 22.2. The SMILES string of the molecule is CC(C)(C)c1cc(C2N3CCCN2CC3)c(O)c(C(C)(C)C)c1.CC(C)(C)c1cc(C2N3CCCN2CC3)c(O)c(C(C)(C)C)c1.[Cl][Ti][Cl]. The van der Waals surface area contributed by atoms with Gasteiger partial charge in [0.05, 0.1) is 12.3 Å². The van der Waals surface area contributed by atoms with Gasteiger partial charge in [-0.1, -0.05) is 95.2 Å². The molecule has 4 aliphatic rings. The molecule has 2 aromatic carbocycles. The van der Waals surface area contributed by atoms with Crippen molar-refractivity contribution in [2.75, 3.05) is 52.4 Å². The van der Waals surface area contributed by atoms with E-state index in [0.29, 0.717) is 11.5 Å². The third-order valence-electron chi connectivity index (χ3n) is 10.7. The summed E-state index contributed by atoms with van der Waals surface area (Å²) in [7, 11) is 9.78. The van der Waals surface area contributed by atoms with Crippen LogP contribution >= 0.6 is 18.6 Å². The minimum absolute atomic E-state index is 0.0571. The fourth-order valence-electron chi connectivity index (χ4n) is 7.86. The zero-order valence-corrected chi connectivity index (χ0v) is 35.5. The summed E-state index contributed by atoms with van der Waals surface area (Å²) in [5.74, 6) is 1.02. The number of fused-ring (bicyclic) bond motifs is 4. The van der Waals surface area contributed by atoms with E-state index in [9.17, 15) is 10.2 Å². The van der Waals surface area contributed by atoms with Crippen LogP contribution in [0, 0.1) is 0 Å². The summed E-state index contributed by atoms with van der Waals surface area (Å²) in [6.45, 7) is 35.7. The predicted octanol–water partition coefficient (Wildman–Crippen LogP) is 9.39. The van der Waals surface area contributed by atoms with Gasteiger partial charge in [0, 0.05) is 63.5 Å². The number of benzene rings is 2. The molecular weight excluding hydrogens is 687 g/mol. The molecule has 2 N–H and O–H groups in total. The number of phenolic OH excluding ortho intramolecular Hbond substituents is 2. The molecule has 4 unspecified atom stereocenters. The van der Waals surface area contributed by atoms with E-state index in [0.717, 1.165) is 74.6 Å². The zero-order chi connectivity index (χ0) is 36.7. The van der Waals surface area contributed by atoms with Crippen LogP contribution in [0.5, 0.6) is 11.5 Å². The van der Waals surface area contributed by atoms with Gasteiger partial charge in [-0.25, -0.2) is 0 Å². The minimum atomic E-state index is -0.556. The Labute approximate surface area is 315 Å². The van der Waals surface area contributed by atoms with Crippen LogP contribution in [0.2, 0.25) is 0 Å². The topological polar surface area (TPSA) is 53.4 Å². The average molecular weight is 752 g/mol. The van der Waals surface area contributed by atoms with Crippen molar-refractivity contribution in [3.8, 4) is 11.5 Å². The fraction of sp³-hybridized carbons (Fsp3) is 0.700. The van der Waals surface area contributed by atoms with Crippen molar-refractivity contribution in [2.45, 2.75) is 130 Å². The van der Waals surface area contributed by atoms with Crippen molar-refractivity contribution in [1.82, 2.24) is 19.6 Å². The molecule has 0 radical (unpaired) electrons. The summed E-state index contributed by atoms with van der Waals surface area (Å²) in [6, 6.07) is 8.94. The van der Waals surface area contributed by atoms with Gasteiger partial charge in [-0.05, 0) is 68.9 Å². The van der Waals surface area contributed by atoms with Crippen LogP contribution in [0.4, 0.5) is 0 Å². The molecule has 9 heteroatoms. The van der Waals surface area contributed by atoms with Gasteiger partial charge in [-0.15, -0.1) is 0 Å². The molecule has 274 valence electrons. The molecule has 4 heterocycles. The van der Waals surface area contributed by atoms with Crippen molar-refractivity contribution >= 4 is 18.6 Å². The van der Waals surface area contributed by atoms with E-state index in [-0.39, 0.29) is 34.0 Å². The van der Waals surface area contributed by atoms with Crippen molar-refractivity contribution in [1.29, 1.82) is 0 Å². The molecule has 0 spiro atoms. The number of halogens is 2. The summed E-state index contributed by atoms with van der Waals surface area (Å²) >= 11 is -0.556. The van der Waals surface area contributed by atoms with Gasteiger partial charge in [0.25, 0.3) is 0 Å². The Morgan fingerprint density at radius 1 is 0.490 bits per heavy atom. The van der Waals surface area contributed by atoms with Crippen molar-refractivity contribution in [3.05, 3.63) is 57.6 Å². The van der Waals surface area contributed by atoms with Crippen LogP contribution in [-0.4, -0.2) is 82.2 Å². The molecule has 6 rings (SSSR count).